The smallest absolute Gasteiger partial charge is 0.124 e. The van der Waals surface area contributed by atoms with Crippen LogP contribution in [0, 0.1) is 0 Å². The zero-order valence-electron chi connectivity index (χ0n) is 13.8. The van der Waals surface area contributed by atoms with Crippen LogP contribution in [0.2, 0.25) is 0 Å². The molecule has 0 amide bonds. The minimum atomic E-state index is 0.272. The van der Waals surface area contributed by atoms with E-state index in [2.05, 4.69) is 72.0 Å². The molecule has 2 nitrogen and oxygen atoms in total. The predicted octanol–water partition coefficient (Wildman–Crippen LogP) is 5.46. The minimum absolute atomic E-state index is 0.272. The Labute approximate surface area is 143 Å². The summed E-state index contributed by atoms with van der Waals surface area (Å²) in [5.41, 5.74) is 6.36. The number of nitrogens with one attached hydrogen (secondary N) is 1. The Morgan fingerprint density at radius 2 is 1.71 bits per heavy atom. The maximum atomic E-state index is 5.80. The lowest BCUT2D eigenvalue weighted by molar-refractivity contribution is 0.335. The van der Waals surface area contributed by atoms with Gasteiger partial charge in [0.15, 0.2) is 0 Å². The predicted molar refractivity (Wildman–Crippen MR) is 99.6 cm³/mol. The van der Waals surface area contributed by atoms with Gasteiger partial charge in [0, 0.05) is 11.3 Å². The van der Waals surface area contributed by atoms with Gasteiger partial charge in [-0.2, -0.15) is 0 Å². The van der Waals surface area contributed by atoms with Gasteiger partial charge in [0.05, 0.1) is 12.6 Å². The quantitative estimate of drug-likeness (QED) is 0.690. The van der Waals surface area contributed by atoms with Gasteiger partial charge in [0.1, 0.15) is 5.75 Å². The molecule has 1 aliphatic heterocycles. The van der Waals surface area contributed by atoms with Crippen LogP contribution < -0.4 is 10.1 Å². The van der Waals surface area contributed by atoms with Crippen molar-refractivity contribution in [1.29, 1.82) is 0 Å². The fourth-order valence-corrected chi connectivity index (χ4v) is 3.42. The molecule has 0 saturated carbocycles. The molecule has 24 heavy (non-hydrogen) atoms. The van der Waals surface area contributed by atoms with Gasteiger partial charge < -0.3 is 10.1 Å². The van der Waals surface area contributed by atoms with Gasteiger partial charge in [0.2, 0.25) is 0 Å². The van der Waals surface area contributed by atoms with E-state index in [-0.39, 0.29) is 6.04 Å². The average molecular weight is 315 g/mol. The molecule has 4 rings (SSSR count). The number of hydrogen-bond donors (Lipinski definition) is 1. The summed E-state index contributed by atoms with van der Waals surface area (Å²) >= 11 is 0. The van der Waals surface area contributed by atoms with E-state index < -0.39 is 0 Å². The van der Waals surface area contributed by atoms with E-state index in [0.717, 1.165) is 12.2 Å². The Hall–Kier alpha value is -2.74. The van der Waals surface area contributed by atoms with Gasteiger partial charge in [0.25, 0.3) is 0 Å². The highest BCUT2D eigenvalue weighted by Gasteiger charge is 2.24. The Kier molecular flexibility index (Phi) is 3.96. The van der Waals surface area contributed by atoms with Crippen LogP contribution in [0.4, 0.5) is 5.69 Å². The van der Waals surface area contributed by atoms with Crippen LogP contribution in [0.25, 0.3) is 11.1 Å². The molecule has 1 aliphatic rings. The molecule has 3 aromatic carbocycles. The first-order chi connectivity index (χ1) is 11.8. The summed E-state index contributed by atoms with van der Waals surface area (Å²) in [5.74, 6) is 0.980. The standard InChI is InChI=1S/C22H21NO/c1-2-24-22-11-7-6-10-19(22)21-15-18-14-17(12-13-20(18)23-21)16-8-4-3-5-9-16/h3-14,21,23H,2,15H2,1H3. The van der Waals surface area contributed by atoms with Crippen molar-refractivity contribution < 1.29 is 4.74 Å². The van der Waals surface area contributed by atoms with Crippen LogP contribution >= 0.6 is 0 Å². The number of benzene rings is 3. The molecular weight excluding hydrogens is 294 g/mol. The average Bonchev–Trinajstić information content (AvgIpc) is 3.06. The van der Waals surface area contributed by atoms with Crippen molar-refractivity contribution in [3.05, 3.63) is 83.9 Å². The highest BCUT2D eigenvalue weighted by molar-refractivity contribution is 5.70. The third-order valence-electron chi connectivity index (χ3n) is 4.56. The Balaban J connectivity index is 1.63. The lowest BCUT2D eigenvalue weighted by Gasteiger charge is -2.16. The van der Waals surface area contributed by atoms with E-state index in [1.807, 2.05) is 13.0 Å². The normalized spacial score (nSPS) is 15.6. The van der Waals surface area contributed by atoms with Crippen molar-refractivity contribution in [2.24, 2.45) is 0 Å². The lowest BCUT2D eigenvalue weighted by atomic mass is 9.99. The molecule has 0 saturated heterocycles. The molecule has 120 valence electrons. The van der Waals surface area contributed by atoms with E-state index in [9.17, 15) is 0 Å². The van der Waals surface area contributed by atoms with Gasteiger partial charge in [-0.25, -0.2) is 0 Å². The minimum Gasteiger partial charge on any atom is -0.494 e. The molecule has 0 aromatic heterocycles. The monoisotopic (exact) mass is 315 g/mol. The van der Waals surface area contributed by atoms with Crippen molar-refractivity contribution in [3.8, 4) is 16.9 Å². The van der Waals surface area contributed by atoms with Crippen molar-refractivity contribution >= 4 is 5.69 Å². The summed E-state index contributed by atoms with van der Waals surface area (Å²) < 4.78 is 5.80. The summed E-state index contributed by atoms with van der Waals surface area (Å²) in [4.78, 5) is 0. The van der Waals surface area contributed by atoms with E-state index in [4.69, 9.17) is 4.74 Å². The van der Waals surface area contributed by atoms with Crippen LogP contribution in [-0.4, -0.2) is 6.61 Å². The highest BCUT2D eigenvalue weighted by atomic mass is 16.5. The van der Waals surface area contributed by atoms with E-state index in [1.54, 1.807) is 0 Å². The number of hydrogen-bond acceptors (Lipinski definition) is 2. The number of anilines is 1. The third kappa shape index (κ3) is 2.76. The molecule has 1 heterocycles. The topological polar surface area (TPSA) is 21.3 Å². The Bertz CT molecular complexity index is 842. The SMILES string of the molecule is CCOc1ccccc1C1Cc2cc(-c3ccccc3)ccc2N1. The van der Waals surface area contributed by atoms with E-state index >= 15 is 0 Å². The molecule has 3 aromatic rings. The zero-order valence-corrected chi connectivity index (χ0v) is 13.8. The second kappa shape index (κ2) is 6.40. The molecule has 2 heteroatoms. The first-order valence-electron chi connectivity index (χ1n) is 8.52. The number of rotatable bonds is 4. The molecule has 1 unspecified atom stereocenters. The molecule has 0 fully saturated rings. The van der Waals surface area contributed by atoms with Crippen LogP contribution in [0.15, 0.2) is 72.8 Å². The summed E-state index contributed by atoms with van der Waals surface area (Å²) in [6.07, 6.45) is 0.986. The molecule has 0 radical (unpaired) electrons. The second-order valence-electron chi connectivity index (χ2n) is 6.11. The molecule has 1 N–H and O–H groups in total. The Morgan fingerprint density at radius 3 is 2.54 bits per heavy atom. The van der Waals surface area contributed by atoms with Crippen LogP contribution in [0.3, 0.4) is 0 Å². The fourth-order valence-electron chi connectivity index (χ4n) is 3.42. The molecule has 1 atom stereocenters. The van der Waals surface area contributed by atoms with Gasteiger partial charge in [-0.1, -0.05) is 54.6 Å². The first-order valence-corrected chi connectivity index (χ1v) is 8.52. The largest absolute Gasteiger partial charge is 0.494 e. The molecular formula is C22H21NO. The van der Waals surface area contributed by atoms with Gasteiger partial charge >= 0.3 is 0 Å². The third-order valence-corrected chi connectivity index (χ3v) is 4.56. The number of ether oxygens (including phenoxy) is 1. The number of para-hydroxylation sites is 1. The summed E-state index contributed by atoms with van der Waals surface area (Å²) in [6.45, 7) is 2.72. The van der Waals surface area contributed by atoms with Crippen LogP contribution in [0.1, 0.15) is 24.1 Å². The van der Waals surface area contributed by atoms with Gasteiger partial charge in [-0.3, -0.25) is 0 Å². The van der Waals surface area contributed by atoms with E-state index in [1.165, 1.54) is 27.9 Å². The molecule has 0 bridgehead atoms. The summed E-state index contributed by atoms with van der Waals surface area (Å²) in [5, 5.41) is 3.65. The number of fused-ring (bicyclic) bond motifs is 1. The molecule has 0 aliphatic carbocycles. The van der Waals surface area contributed by atoms with Gasteiger partial charge in [-0.05, 0) is 48.2 Å². The van der Waals surface area contributed by atoms with Crippen molar-refractivity contribution in [3.63, 3.8) is 0 Å². The van der Waals surface area contributed by atoms with Crippen molar-refractivity contribution in [1.82, 2.24) is 0 Å². The maximum Gasteiger partial charge on any atom is 0.124 e. The highest BCUT2D eigenvalue weighted by Crippen LogP contribution is 2.39. The van der Waals surface area contributed by atoms with Gasteiger partial charge in [-0.15, -0.1) is 0 Å². The first kappa shape index (κ1) is 14.8. The van der Waals surface area contributed by atoms with Crippen LogP contribution in [-0.2, 0) is 6.42 Å². The fraction of sp³-hybridized carbons (Fsp3) is 0.182. The molecule has 0 spiro atoms. The zero-order chi connectivity index (χ0) is 16.4. The lowest BCUT2D eigenvalue weighted by Crippen LogP contribution is -2.08. The van der Waals surface area contributed by atoms with E-state index in [0.29, 0.717) is 6.61 Å². The summed E-state index contributed by atoms with van der Waals surface area (Å²) in [7, 11) is 0. The second-order valence-corrected chi connectivity index (χ2v) is 6.11. The Morgan fingerprint density at radius 1 is 0.917 bits per heavy atom. The maximum absolute atomic E-state index is 5.80. The van der Waals surface area contributed by atoms with Crippen LogP contribution in [0.5, 0.6) is 5.75 Å². The summed E-state index contributed by atoms with van der Waals surface area (Å²) in [6, 6.07) is 25.8. The van der Waals surface area contributed by atoms with Crippen molar-refractivity contribution in [2.45, 2.75) is 19.4 Å². The van der Waals surface area contributed by atoms with Crippen molar-refractivity contribution in [2.75, 3.05) is 11.9 Å².